The van der Waals surface area contributed by atoms with E-state index in [1.54, 1.807) is 12.3 Å². The lowest BCUT2D eigenvalue weighted by Gasteiger charge is -2.10. The largest absolute Gasteiger partial charge is 0.508 e. The molecule has 0 fully saturated rings. The molecule has 0 amide bonds. The zero-order valence-corrected chi connectivity index (χ0v) is 12.4. The van der Waals surface area contributed by atoms with Crippen LogP contribution < -0.4 is 5.32 Å². The van der Waals surface area contributed by atoms with Gasteiger partial charge in [-0.2, -0.15) is 0 Å². The van der Waals surface area contributed by atoms with E-state index in [9.17, 15) is 5.11 Å². The number of fused-ring (bicyclic) bond motifs is 1. The second-order valence-electron chi connectivity index (χ2n) is 4.96. The number of halogens is 1. The Labute approximate surface area is 128 Å². The number of aryl methyl sites for hydroxylation is 1. The molecule has 0 saturated heterocycles. The minimum Gasteiger partial charge on any atom is -0.508 e. The van der Waals surface area contributed by atoms with E-state index in [1.807, 2.05) is 43.3 Å². The van der Waals surface area contributed by atoms with Crippen molar-refractivity contribution in [3.63, 3.8) is 0 Å². The van der Waals surface area contributed by atoms with Crippen LogP contribution in [0.15, 0.2) is 48.7 Å². The molecule has 3 rings (SSSR count). The van der Waals surface area contributed by atoms with Gasteiger partial charge < -0.3 is 10.4 Å². The van der Waals surface area contributed by atoms with E-state index in [4.69, 9.17) is 11.6 Å². The lowest BCUT2D eigenvalue weighted by molar-refractivity contribution is 0.471. The van der Waals surface area contributed by atoms with Gasteiger partial charge in [-0.15, -0.1) is 0 Å². The monoisotopic (exact) mass is 298 g/mol. The van der Waals surface area contributed by atoms with Gasteiger partial charge in [0.15, 0.2) is 0 Å². The molecule has 4 heteroatoms. The van der Waals surface area contributed by atoms with Crippen molar-refractivity contribution < 1.29 is 5.11 Å². The number of benzene rings is 2. The highest BCUT2D eigenvalue weighted by molar-refractivity contribution is 6.35. The summed E-state index contributed by atoms with van der Waals surface area (Å²) < 4.78 is 0. The highest BCUT2D eigenvalue weighted by Gasteiger charge is 2.06. The van der Waals surface area contributed by atoms with Gasteiger partial charge in [0.1, 0.15) is 5.75 Å². The number of anilines is 1. The zero-order valence-electron chi connectivity index (χ0n) is 11.6. The molecule has 3 nitrogen and oxygen atoms in total. The SMILES string of the molecule is Cc1ccc(NCc2ccc(Cl)c3cccnc23)cc1O. The third kappa shape index (κ3) is 2.78. The Kier molecular flexibility index (Phi) is 3.67. The molecule has 0 radical (unpaired) electrons. The summed E-state index contributed by atoms with van der Waals surface area (Å²) in [5.41, 5.74) is 3.69. The average molecular weight is 299 g/mol. The normalized spacial score (nSPS) is 10.8. The molecule has 21 heavy (non-hydrogen) atoms. The summed E-state index contributed by atoms with van der Waals surface area (Å²) in [4.78, 5) is 4.41. The Morgan fingerprint density at radius 1 is 1.19 bits per heavy atom. The molecule has 0 aliphatic heterocycles. The predicted molar refractivity (Wildman–Crippen MR) is 86.9 cm³/mol. The molecular formula is C17H15ClN2O. The van der Waals surface area contributed by atoms with Crippen molar-refractivity contribution in [2.24, 2.45) is 0 Å². The van der Waals surface area contributed by atoms with E-state index in [-0.39, 0.29) is 0 Å². The number of aromatic hydroxyl groups is 1. The molecule has 0 aliphatic rings. The molecule has 2 N–H and O–H groups in total. The number of nitrogens with zero attached hydrogens (tertiary/aromatic N) is 1. The van der Waals surface area contributed by atoms with Crippen LogP contribution in [0.5, 0.6) is 5.75 Å². The van der Waals surface area contributed by atoms with Crippen LogP contribution in [0, 0.1) is 6.92 Å². The molecule has 0 spiro atoms. The summed E-state index contributed by atoms with van der Waals surface area (Å²) >= 11 is 6.19. The molecule has 0 atom stereocenters. The lowest BCUT2D eigenvalue weighted by atomic mass is 10.1. The number of rotatable bonds is 3. The second kappa shape index (κ2) is 5.62. The van der Waals surface area contributed by atoms with Gasteiger partial charge in [0.25, 0.3) is 0 Å². The zero-order chi connectivity index (χ0) is 14.8. The summed E-state index contributed by atoms with van der Waals surface area (Å²) in [7, 11) is 0. The number of hydrogen-bond acceptors (Lipinski definition) is 3. The van der Waals surface area contributed by atoms with Crippen LogP contribution in [0.3, 0.4) is 0 Å². The van der Waals surface area contributed by atoms with Crippen molar-refractivity contribution in [1.29, 1.82) is 0 Å². The summed E-state index contributed by atoms with van der Waals surface area (Å²) in [6.45, 7) is 2.49. The topological polar surface area (TPSA) is 45.2 Å². The highest BCUT2D eigenvalue weighted by Crippen LogP contribution is 2.26. The maximum absolute atomic E-state index is 9.74. The van der Waals surface area contributed by atoms with Gasteiger partial charge in [0.05, 0.1) is 5.52 Å². The Bertz CT molecular complexity index is 802. The number of phenols is 1. The van der Waals surface area contributed by atoms with Crippen molar-refractivity contribution >= 4 is 28.2 Å². The molecule has 0 bridgehead atoms. The van der Waals surface area contributed by atoms with Gasteiger partial charge in [-0.05, 0) is 42.3 Å². The smallest absolute Gasteiger partial charge is 0.120 e. The van der Waals surface area contributed by atoms with Gasteiger partial charge in [0, 0.05) is 34.9 Å². The van der Waals surface area contributed by atoms with Crippen molar-refractivity contribution in [3.05, 3.63) is 64.8 Å². The molecule has 0 unspecified atom stereocenters. The van der Waals surface area contributed by atoms with Crippen LogP contribution in [0.1, 0.15) is 11.1 Å². The highest BCUT2D eigenvalue weighted by atomic mass is 35.5. The molecule has 106 valence electrons. The van der Waals surface area contributed by atoms with E-state index >= 15 is 0 Å². The van der Waals surface area contributed by atoms with Gasteiger partial charge in [-0.25, -0.2) is 0 Å². The fraction of sp³-hybridized carbons (Fsp3) is 0.118. The minimum absolute atomic E-state index is 0.291. The van der Waals surface area contributed by atoms with Crippen LogP contribution in [0.2, 0.25) is 5.02 Å². The van der Waals surface area contributed by atoms with Gasteiger partial charge in [-0.3, -0.25) is 4.98 Å². The standard InChI is InChI=1S/C17H15ClN2O/c1-11-4-6-13(9-16(11)21)20-10-12-5-7-15(18)14-3-2-8-19-17(12)14/h2-9,20-21H,10H2,1H3. The average Bonchev–Trinajstić information content (AvgIpc) is 2.50. The molecule has 1 heterocycles. The maximum Gasteiger partial charge on any atom is 0.120 e. The van der Waals surface area contributed by atoms with E-state index < -0.39 is 0 Å². The van der Waals surface area contributed by atoms with Crippen LogP contribution in [0.25, 0.3) is 10.9 Å². The first-order valence-electron chi connectivity index (χ1n) is 6.71. The fourth-order valence-corrected chi connectivity index (χ4v) is 2.47. The van der Waals surface area contributed by atoms with Crippen molar-refractivity contribution in [2.75, 3.05) is 5.32 Å². The van der Waals surface area contributed by atoms with Crippen LogP contribution >= 0.6 is 11.6 Å². The van der Waals surface area contributed by atoms with Crippen molar-refractivity contribution in [2.45, 2.75) is 13.5 Å². The first-order valence-corrected chi connectivity index (χ1v) is 7.08. The Morgan fingerprint density at radius 3 is 2.86 bits per heavy atom. The summed E-state index contributed by atoms with van der Waals surface area (Å²) in [6.07, 6.45) is 1.76. The molecule has 0 saturated carbocycles. The number of hydrogen-bond donors (Lipinski definition) is 2. The van der Waals surface area contributed by atoms with E-state index in [0.717, 1.165) is 27.7 Å². The quantitative estimate of drug-likeness (QED) is 0.747. The van der Waals surface area contributed by atoms with Crippen molar-refractivity contribution in [3.8, 4) is 5.75 Å². The molecule has 3 aromatic rings. The minimum atomic E-state index is 0.291. The number of aromatic nitrogens is 1. The third-order valence-corrected chi connectivity index (χ3v) is 3.82. The van der Waals surface area contributed by atoms with Crippen LogP contribution in [0.4, 0.5) is 5.69 Å². The first-order chi connectivity index (χ1) is 10.1. The fourth-order valence-electron chi connectivity index (χ4n) is 2.26. The van der Waals surface area contributed by atoms with E-state index in [0.29, 0.717) is 17.3 Å². The van der Waals surface area contributed by atoms with Crippen LogP contribution in [-0.4, -0.2) is 10.1 Å². The summed E-state index contributed by atoms with van der Waals surface area (Å²) in [5.74, 6) is 0.291. The van der Waals surface area contributed by atoms with E-state index in [2.05, 4.69) is 10.3 Å². The number of pyridine rings is 1. The number of phenolic OH excluding ortho intramolecular Hbond substituents is 1. The summed E-state index contributed by atoms with van der Waals surface area (Å²) in [5, 5.41) is 14.7. The molecule has 0 aliphatic carbocycles. The Morgan fingerprint density at radius 2 is 2.05 bits per heavy atom. The summed E-state index contributed by atoms with van der Waals surface area (Å²) in [6, 6.07) is 13.3. The van der Waals surface area contributed by atoms with Crippen molar-refractivity contribution in [1.82, 2.24) is 4.98 Å². The Balaban J connectivity index is 1.88. The van der Waals surface area contributed by atoms with Crippen LogP contribution in [-0.2, 0) is 6.54 Å². The Hall–Kier alpha value is -2.26. The number of nitrogens with one attached hydrogen (secondary N) is 1. The van der Waals surface area contributed by atoms with Gasteiger partial charge >= 0.3 is 0 Å². The third-order valence-electron chi connectivity index (χ3n) is 3.49. The first kappa shape index (κ1) is 13.7. The molecular weight excluding hydrogens is 284 g/mol. The second-order valence-corrected chi connectivity index (χ2v) is 5.37. The van der Waals surface area contributed by atoms with Gasteiger partial charge in [-0.1, -0.05) is 23.7 Å². The van der Waals surface area contributed by atoms with E-state index in [1.165, 1.54) is 0 Å². The lowest BCUT2D eigenvalue weighted by Crippen LogP contribution is -2.01. The van der Waals surface area contributed by atoms with Gasteiger partial charge in [0.2, 0.25) is 0 Å². The molecule has 2 aromatic carbocycles. The predicted octanol–water partition coefficient (Wildman–Crippen LogP) is 4.51. The molecule has 1 aromatic heterocycles. The maximum atomic E-state index is 9.74.